The topological polar surface area (TPSA) is 89.0 Å². The van der Waals surface area contributed by atoms with E-state index in [1.165, 1.54) is 19.2 Å². The first kappa shape index (κ1) is 33.2. The van der Waals surface area contributed by atoms with Gasteiger partial charge in [0.1, 0.15) is 22.0 Å². The molecule has 0 radical (unpaired) electrons. The van der Waals surface area contributed by atoms with E-state index in [1.807, 2.05) is 0 Å². The Morgan fingerprint density at radius 2 is 1.65 bits per heavy atom. The fourth-order valence-electron chi connectivity index (χ4n) is 5.86. The van der Waals surface area contributed by atoms with Crippen LogP contribution in [0, 0.1) is 5.82 Å². The minimum atomic E-state index is -5.06. The Hall–Kier alpha value is -4.66. The highest BCUT2D eigenvalue weighted by Crippen LogP contribution is 2.42. The average Bonchev–Trinajstić information content (AvgIpc) is 3.62. The number of thiophene rings is 1. The van der Waals surface area contributed by atoms with Crippen LogP contribution in [-0.4, -0.2) is 37.0 Å². The van der Waals surface area contributed by atoms with E-state index in [0.29, 0.717) is 41.5 Å². The van der Waals surface area contributed by atoms with E-state index in [1.54, 1.807) is 6.07 Å². The molecule has 1 saturated carbocycles. The molecule has 0 bridgehead atoms. The van der Waals surface area contributed by atoms with E-state index in [9.17, 15) is 40.3 Å². The van der Waals surface area contributed by atoms with Crippen LogP contribution in [0.2, 0.25) is 0 Å². The van der Waals surface area contributed by atoms with Crippen molar-refractivity contribution in [3.8, 4) is 5.75 Å². The highest BCUT2D eigenvalue weighted by molar-refractivity contribution is 7.21. The van der Waals surface area contributed by atoms with Crippen LogP contribution >= 0.6 is 11.3 Å². The van der Waals surface area contributed by atoms with Crippen molar-refractivity contribution in [2.24, 2.45) is 4.99 Å². The molecule has 2 heterocycles. The van der Waals surface area contributed by atoms with Crippen molar-refractivity contribution in [1.82, 2.24) is 0 Å². The van der Waals surface area contributed by atoms with Gasteiger partial charge in [0.15, 0.2) is 0 Å². The molecule has 1 spiro atoms. The lowest BCUT2D eigenvalue weighted by Gasteiger charge is -2.32. The number of hydrogen-bond donors (Lipinski definition) is 2. The van der Waals surface area contributed by atoms with Gasteiger partial charge in [-0.3, -0.25) is 9.59 Å². The van der Waals surface area contributed by atoms with E-state index in [0.717, 1.165) is 56.4 Å². The van der Waals surface area contributed by atoms with Crippen LogP contribution in [0.4, 0.5) is 42.1 Å². The normalized spacial score (nSPS) is 16.0. The first-order chi connectivity index (χ1) is 22.7. The largest absolute Gasteiger partial charge is 0.496 e. The number of rotatable bonds is 6. The molecule has 7 nitrogen and oxygen atoms in total. The molecule has 3 aromatic carbocycles. The van der Waals surface area contributed by atoms with Crippen LogP contribution in [0.3, 0.4) is 0 Å². The Bertz CT molecular complexity index is 1950. The second kappa shape index (κ2) is 12.4. The molecule has 1 aliphatic carbocycles. The number of halogens is 7. The highest BCUT2D eigenvalue weighted by Gasteiger charge is 2.40. The number of alkyl halides is 6. The zero-order valence-electron chi connectivity index (χ0n) is 25.1. The zero-order valence-corrected chi connectivity index (χ0v) is 25.9. The summed E-state index contributed by atoms with van der Waals surface area (Å²) in [7, 11) is 1.34. The molecule has 2 amide bonds. The van der Waals surface area contributed by atoms with Gasteiger partial charge in [0, 0.05) is 21.3 Å². The summed E-state index contributed by atoms with van der Waals surface area (Å²) in [5.41, 5.74) is -3.17. The molecule has 1 aliphatic heterocycles. The maximum Gasteiger partial charge on any atom is 0.419 e. The van der Waals surface area contributed by atoms with Crippen molar-refractivity contribution >= 4 is 50.5 Å². The highest BCUT2D eigenvalue weighted by atomic mass is 32.1. The fraction of sp³-hybridized carbons (Fsp3) is 0.303. The number of nitrogens with one attached hydrogen (secondary N) is 2. The Morgan fingerprint density at radius 3 is 2.33 bits per heavy atom. The van der Waals surface area contributed by atoms with Crippen molar-refractivity contribution in [3.63, 3.8) is 0 Å². The molecule has 6 rings (SSSR count). The van der Waals surface area contributed by atoms with E-state index >= 15 is 0 Å². The fourth-order valence-corrected chi connectivity index (χ4v) is 6.95. The molecular weight excluding hydrogens is 667 g/mol. The Kier molecular flexibility index (Phi) is 8.60. The summed E-state index contributed by atoms with van der Waals surface area (Å²) >= 11 is 0.584. The maximum atomic E-state index is 13.9. The van der Waals surface area contributed by atoms with Crippen molar-refractivity contribution in [2.45, 2.75) is 50.1 Å². The molecule has 2 aliphatic rings. The van der Waals surface area contributed by atoms with Crippen molar-refractivity contribution < 1.29 is 49.8 Å². The molecule has 1 aromatic heterocycles. The predicted molar refractivity (Wildman–Crippen MR) is 165 cm³/mol. The molecule has 0 unspecified atom stereocenters. The molecule has 48 heavy (non-hydrogen) atoms. The van der Waals surface area contributed by atoms with Crippen LogP contribution < -0.4 is 15.4 Å². The maximum absolute atomic E-state index is 13.9. The SMILES string of the molecule is COc1ccc(C2=NCC3(CCCCC3)O2)cc1C(=O)Nc1c(C(=O)Nc2ccc(F)c(C(F)(F)F)c2)sc2cc(C(F)(F)F)ccc12. The van der Waals surface area contributed by atoms with E-state index in [2.05, 4.69) is 15.6 Å². The lowest BCUT2D eigenvalue weighted by Crippen LogP contribution is -2.35. The minimum absolute atomic E-state index is 0.00290. The van der Waals surface area contributed by atoms with Crippen molar-refractivity contribution in [2.75, 3.05) is 24.3 Å². The standard InChI is InChI=1S/C33H26F7N3O4S/c1-46-24-10-5-17(30-41-16-31(47-30)11-3-2-4-12-31)13-21(24)28(44)43-26-20-8-6-18(32(35,36)37)14-25(20)48-27(26)29(45)42-19-7-9-23(34)22(15-19)33(38,39)40/h5-10,13-15H,2-4,11-12,16H2,1H3,(H,42,45)(H,43,44). The summed E-state index contributed by atoms with van der Waals surface area (Å²) in [6.07, 6.45) is -4.94. The molecule has 0 atom stereocenters. The van der Waals surface area contributed by atoms with Crippen molar-refractivity contribution in [3.05, 3.63) is 87.5 Å². The summed E-state index contributed by atoms with van der Waals surface area (Å²) in [6.45, 7) is 0.480. The average molecular weight is 694 g/mol. The quantitative estimate of drug-likeness (QED) is 0.197. The van der Waals surface area contributed by atoms with E-state index in [-0.39, 0.29) is 32.0 Å². The Labute approximate surface area is 272 Å². The Morgan fingerprint density at radius 1 is 0.896 bits per heavy atom. The number of methoxy groups -OCH3 is 1. The van der Waals surface area contributed by atoms with Crippen molar-refractivity contribution in [1.29, 1.82) is 0 Å². The van der Waals surface area contributed by atoms with Gasteiger partial charge in [-0.15, -0.1) is 11.3 Å². The molecule has 15 heteroatoms. The predicted octanol–water partition coefficient (Wildman–Crippen LogP) is 9.07. The summed E-state index contributed by atoms with van der Waals surface area (Å²) in [6, 6.07) is 9.16. The van der Waals surface area contributed by atoms with Gasteiger partial charge in [0.2, 0.25) is 5.90 Å². The smallest absolute Gasteiger partial charge is 0.419 e. The summed E-state index contributed by atoms with van der Waals surface area (Å²) in [5, 5.41) is 4.89. The first-order valence-electron chi connectivity index (χ1n) is 14.7. The second-order valence-corrected chi connectivity index (χ2v) is 12.5. The minimum Gasteiger partial charge on any atom is -0.496 e. The Balaban J connectivity index is 1.35. The molecule has 0 saturated heterocycles. The molecule has 2 N–H and O–H groups in total. The lowest BCUT2D eigenvalue weighted by molar-refractivity contribution is -0.140. The third-order valence-corrected chi connectivity index (χ3v) is 9.42. The number of anilines is 2. The van der Waals surface area contributed by atoms with Gasteiger partial charge in [-0.1, -0.05) is 12.5 Å². The number of nitrogens with zero attached hydrogens (tertiary/aromatic N) is 1. The number of carbonyl (C=O) groups is 2. The van der Waals surface area contributed by atoms with Gasteiger partial charge < -0.3 is 20.1 Å². The first-order valence-corrected chi connectivity index (χ1v) is 15.5. The number of benzene rings is 3. The van der Waals surface area contributed by atoms with E-state index < -0.39 is 52.4 Å². The van der Waals surface area contributed by atoms with Gasteiger partial charge in [0.05, 0.1) is 36.0 Å². The number of aliphatic imine (C=N–C) groups is 1. The second-order valence-electron chi connectivity index (χ2n) is 11.5. The number of fused-ring (bicyclic) bond motifs is 1. The van der Waals surface area contributed by atoms with Crippen LogP contribution in [0.25, 0.3) is 10.1 Å². The van der Waals surface area contributed by atoms with Gasteiger partial charge in [-0.2, -0.15) is 26.3 Å². The van der Waals surface area contributed by atoms with Gasteiger partial charge >= 0.3 is 12.4 Å². The van der Waals surface area contributed by atoms with Gasteiger partial charge in [-0.25, -0.2) is 9.38 Å². The van der Waals surface area contributed by atoms with Crippen LogP contribution in [0.5, 0.6) is 5.75 Å². The number of ether oxygens (including phenoxy) is 2. The van der Waals surface area contributed by atoms with Crippen LogP contribution in [-0.2, 0) is 17.1 Å². The van der Waals surface area contributed by atoms with Crippen LogP contribution in [0.15, 0.2) is 59.6 Å². The summed E-state index contributed by atoms with van der Waals surface area (Å²) < 4.78 is 106. The molecule has 4 aromatic rings. The monoisotopic (exact) mass is 693 g/mol. The number of carbonyl (C=O) groups excluding carboxylic acids is 2. The number of hydrogen-bond acceptors (Lipinski definition) is 6. The lowest BCUT2D eigenvalue weighted by atomic mass is 9.85. The third-order valence-electron chi connectivity index (χ3n) is 8.27. The van der Waals surface area contributed by atoms with Gasteiger partial charge in [0.25, 0.3) is 11.8 Å². The molecular formula is C33H26F7N3O4S. The molecule has 252 valence electrons. The molecule has 1 fully saturated rings. The van der Waals surface area contributed by atoms with Crippen LogP contribution in [0.1, 0.15) is 68.8 Å². The number of amides is 2. The zero-order chi connectivity index (χ0) is 34.4. The summed E-state index contributed by atoms with van der Waals surface area (Å²) in [5.74, 6) is -2.92. The van der Waals surface area contributed by atoms with E-state index in [4.69, 9.17) is 9.47 Å². The third kappa shape index (κ3) is 6.55. The summed E-state index contributed by atoms with van der Waals surface area (Å²) in [4.78, 5) is 31.5. The van der Waals surface area contributed by atoms with Gasteiger partial charge in [-0.05, 0) is 74.2 Å².